The lowest BCUT2D eigenvalue weighted by Crippen LogP contribution is -2.55. The van der Waals surface area contributed by atoms with Crippen molar-refractivity contribution in [1.29, 1.82) is 0 Å². The molecule has 0 heterocycles. The van der Waals surface area contributed by atoms with Gasteiger partial charge in [-0.2, -0.15) is 0 Å². The molecule has 0 bridgehead atoms. The molecule has 276 valence electrons. The van der Waals surface area contributed by atoms with Gasteiger partial charge in [-0.1, -0.05) is 105 Å². The van der Waals surface area contributed by atoms with E-state index in [0.717, 1.165) is 48.9 Å². The number of carbonyl (C=O) groups is 2. The van der Waals surface area contributed by atoms with Crippen molar-refractivity contribution in [3.63, 3.8) is 0 Å². The minimum Gasteiger partial charge on any atom is -0.353 e. The van der Waals surface area contributed by atoms with Crippen LogP contribution in [-0.4, -0.2) is 17.7 Å². The van der Waals surface area contributed by atoms with Crippen molar-refractivity contribution in [3.05, 3.63) is 12.2 Å². The van der Waals surface area contributed by atoms with E-state index in [1.165, 1.54) is 135 Å². The molecule has 0 aromatic carbocycles. The Labute approximate surface area is 298 Å². The molecule has 4 saturated carbocycles. The average Bonchev–Trinajstić information content (AvgIpc) is 3.42. The lowest BCUT2D eigenvalue weighted by molar-refractivity contribution is -0.128. The number of fused-ring (bicyclic) bond motifs is 5. The topological polar surface area (TPSA) is 46.2 Å². The number of allylic oxidation sites excluding steroid dienone is 2. The minimum absolute atomic E-state index is 0.177. The molecule has 1 N–H and O–H groups in total. The Balaban J connectivity index is 1.11. The Kier molecular flexibility index (Phi) is 16.1. The maximum atomic E-state index is 12.9. The molecule has 9 atom stereocenters. The van der Waals surface area contributed by atoms with Gasteiger partial charge in [-0.3, -0.25) is 9.59 Å². The molecular weight excluding hydrogens is 587 g/mol. The molecule has 0 saturated heterocycles. The van der Waals surface area contributed by atoms with Crippen molar-refractivity contribution in [2.24, 2.45) is 52.3 Å². The lowest BCUT2D eigenvalue weighted by atomic mass is 9.44. The highest BCUT2D eigenvalue weighted by atomic mass is 16.1. The first-order valence-electron chi connectivity index (χ1n) is 21.6. The molecule has 4 rings (SSSR count). The Morgan fingerprint density at radius 3 is 2.02 bits per heavy atom. The van der Waals surface area contributed by atoms with Crippen LogP contribution in [0.4, 0.5) is 0 Å². The molecule has 1 amide bonds. The number of hydrogen-bond donors (Lipinski definition) is 1. The van der Waals surface area contributed by atoms with E-state index >= 15 is 0 Å². The molecule has 4 aliphatic rings. The van der Waals surface area contributed by atoms with Gasteiger partial charge >= 0.3 is 0 Å². The maximum Gasteiger partial charge on any atom is 0.220 e. The van der Waals surface area contributed by atoms with Crippen molar-refractivity contribution >= 4 is 11.7 Å². The zero-order chi connectivity index (χ0) is 34.6. The molecule has 5 unspecified atom stereocenters. The van der Waals surface area contributed by atoms with E-state index in [9.17, 15) is 9.59 Å². The highest BCUT2D eigenvalue weighted by Gasteiger charge is 2.60. The highest BCUT2D eigenvalue weighted by molar-refractivity contribution is 5.80. The largest absolute Gasteiger partial charge is 0.353 e. The van der Waals surface area contributed by atoms with Crippen LogP contribution in [-0.2, 0) is 9.59 Å². The van der Waals surface area contributed by atoms with Crippen molar-refractivity contribution in [2.45, 2.75) is 208 Å². The van der Waals surface area contributed by atoms with E-state index in [1.54, 1.807) is 0 Å². The minimum atomic E-state index is 0.177. The third-order valence-corrected chi connectivity index (χ3v) is 14.9. The summed E-state index contributed by atoms with van der Waals surface area (Å²) in [5, 5.41) is 3.51. The summed E-state index contributed by atoms with van der Waals surface area (Å²) < 4.78 is 0. The standard InChI is InChI=1S/C45H79NO2/c1-7-8-9-10-11-12-13-14-15-16-17-18-19-20-21-22-43(48)46-37-29-31-44(5)36(33-37)24-25-38-40-27-26-39(45(40,6)32-30-41(38)44)35(4)23-28-42(47)34(2)3/h14-15,34-41H,7-13,16-33H2,1-6H3,(H,46,48)/b15-14-/t35-,36?,37+,38?,39?,40?,41?,44+,45-/m1/s1. The number of unbranched alkanes of at least 4 members (excludes halogenated alkanes) is 11. The van der Waals surface area contributed by atoms with E-state index in [1.807, 2.05) is 0 Å². The van der Waals surface area contributed by atoms with Gasteiger partial charge in [0.25, 0.3) is 0 Å². The average molecular weight is 666 g/mol. The van der Waals surface area contributed by atoms with Gasteiger partial charge in [0.15, 0.2) is 0 Å². The second kappa shape index (κ2) is 19.5. The van der Waals surface area contributed by atoms with E-state index in [-0.39, 0.29) is 5.92 Å². The Bertz CT molecular complexity index is 1000. The molecule has 3 heteroatoms. The Morgan fingerprint density at radius 2 is 1.33 bits per heavy atom. The summed E-state index contributed by atoms with van der Waals surface area (Å²) in [5.74, 6) is 5.82. The quantitative estimate of drug-likeness (QED) is 0.0979. The van der Waals surface area contributed by atoms with E-state index < -0.39 is 0 Å². The number of ketones is 1. The number of rotatable bonds is 21. The molecule has 4 fully saturated rings. The number of nitrogens with one attached hydrogen (secondary N) is 1. The first-order chi connectivity index (χ1) is 23.1. The van der Waals surface area contributed by atoms with Crippen LogP contribution in [0.15, 0.2) is 12.2 Å². The lowest BCUT2D eigenvalue weighted by Gasteiger charge is -2.61. The predicted molar refractivity (Wildman–Crippen MR) is 205 cm³/mol. The Hall–Kier alpha value is -1.12. The van der Waals surface area contributed by atoms with E-state index in [2.05, 4.69) is 59.0 Å². The molecule has 0 aliphatic heterocycles. The SMILES string of the molecule is CCCCCCCC/C=C\CCCCCCCC(=O)N[C@H]1CC[C@@]2(C)C(CCC3C2CC[C@@]2(C)C3CCC2[C@H](C)CCC(=O)C(C)C)C1. The van der Waals surface area contributed by atoms with Crippen molar-refractivity contribution in [3.8, 4) is 0 Å². The summed E-state index contributed by atoms with van der Waals surface area (Å²) in [4.78, 5) is 25.3. The van der Waals surface area contributed by atoms with Gasteiger partial charge in [0.1, 0.15) is 5.78 Å². The number of carbonyl (C=O) groups excluding carboxylic acids is 2. The number of Topliss-reactive ketones (excluding diaryl/α,β-unsaturated/α-hetero) is 1. The molecule has 0 aromatic rings. The van der Waals surface area contributed by atoms with Gasteiger partial charge in [-0.05, 0) is 143 Å². The van der Waals surface area contributed by atoms with Crippen LogP contribution in [0.2, 0.25) is 0 Å². The van der Waals surface area contributed by atoms with Crippen LogP contribution in [0.5, 0.6) is 0 Å². The molecule has 0 spiro atoms. The zero-order valence-corrected chi connectivity index (χ0v) is 32.8. The third kappa shape index (κ3) is 10.5. The molecule has 0 radical (unpaired) electrons. The predicted octanol–water partition coefficient (Wildman–Crippen LogP) is 12.8. The summed E-state index contributed by atoms with van der Waals surface area (Å²) in [6, 6.07) is 0.398. The first kappa shape index (κ1) is 39.7. The summed E-state index contributed by atoms with van der Waals surface area (Å²) in [6.07, 6.45) is 36.3. The Morgan fingerprint density at radius 1 is 0.708 bits per heavy atom. The molecule has 48 heavy (non-hydrogen) atoms. The second-order valence-corrected chi connectivity index (χ2v) is 18.4. The summed E-state index contributed by atoms with van der Waals surface area (Å²) in [7, 11) is 0. The maximum absolute atomic E-state index is 12.9. The number of hydrogen-bond acceptors (Lipinski definition) is 2. The summed E-state index contributed by atoms with van der Waals surface area (Å²) in [5.41, 5.74) is 0.933. The van der Waals surface area contributed by atoms with Crippen LogP contribution in [0.1, 0.15) is 202 Å². The fraction of sp³-hybridized carbons (Fsp3) is 0.911. The summed E-state index contributed by atoms with van der Waals surface area (Å²) >= 11 is 0. The van der Waals surface area contributed by atoms with Crippen molar-refractivity contribution in [2.75, 3.05) is 0 Å². The highest BCUT2D eigenvalue weighted by Crippen LogP contribution is 2.68. The van der Waals surface area contributed by atoms with Crippen LogP contribution in [0, 0.1) is 52.3 Å². The van der Waals surface area contributed by atoms with Gasteiger partial charge in [0.05, 0.1) is 0 Å². The monoisotopic (exact) mass is 666 g/mol. The van der Waals surface area contributed by atoms with Crippen LogP contribution >= 0.6 is 0 Å². The number of amides is 1. The van der Waals surface area contributed by atoms with Gasteiger partial charge in [-0.15, -0.1) is 0 Å². The molecule has 3 nitrogen and oxygen atoms in total. The fourth-order valence-corrected chi connectivity index (χ4v) is 11.9. The summed E-state index contributed by atoms with van der Waals surface area (Å²) in [6.45, 7) is 14.2. The van der Waals surface area contributed by atoms with Crippen LogP contribution in [0.3, 0.4) is 0 Å². The van der Waals surface area contributed by atoms with Gasteiger partial charge in [-0.25, -0.2) is 0 Å². The van der Waals surface area contributed by atoms with Crippen molar-refractivity contribution < 1.29 is 9.59 Å². The molecule has 4 aliphatic carbocycles. The zero-order valence-electron chi connectivity index (χ0n) is 32.8. The van der Waals surface area contributed by atoms with E-state index in [4.69, 9.17) is 0 Å². The van der Waals surface area contributed by atoms with Crippen molar-refractivity contribution in [1.82, 2.24) is 5.32 Å². The first-order valence-corrected chi connectivity index (χ1v) is 21.6. The third-order valence-electron chi connectivity index (χ3n) is 14.9. The normalized spacial score (nSPS) is 33.7. The van der Waals surface area contributed by atoms with Crippen LogP contribution < -0.4 is 5.32 Å². The molecule has 0 aromatic heterocycles. The fourth-order valence-electron chi connectivity index (χ4n) is 11.9. The van der Waals surface area contributed by atoms with Crippen LogP contribution in [0.25, 0.3) is 0 Å². The molecular formula is C45H79NO2. The van der Waals surface area contributed by atoms with Gasteiger partial charge < -0.3 is 5.32 Å². The second-order valence-electron chi connectivity index (χ2n) is 18.4. The van der Waals surface area contributed by atoms with Gasteiger partial charge in [0, 0.05) is 24.8 Å². The smallest absolute Gasteiger partial charge is 0.220 e. The van der Waals surface area contributed by atoms with E-state index in [0.29, 0.717) is 40.9 Å². The van der Waals surface area contributed by atoms with Gasteiger partial charge in [0.2, 0.25) is 5.91 Å².